The molecule has 0 unspecified atom stereocenters. The van der Waals surface area contributed by atoms with E-state index in [4.69, 9.17) is 4.74 Å². The lowest BCUT2D eigenvalue weighted by Gasteiger charge is -2.32. The van der Waals surface area contributed by atoms with Crippen molar-refractivity contribution in [3.63, 3.8) is 0 Å². The van der Waals surface area contributed by atoms with Crippen LogP contribution in [-0.4, -0.2) is 76.9 Å². The molecule has 54 heavy (non-hydrogen) atoms. The van der Waals surface area contributed by atoms with Crippen LogP contribution < -0.4 is 25.6 Å². The molecule has 0 bridgehead atoms. The Balaban J connectivity index is 0.861. The highest BCUT2D eigenvalue weighted by Crippen LogP contribution is 2.35. The van der Waals surface area contributed by atoms with Gasteiger partial charge in [-0.3, -0.25) is 29.5 Å². The lowest BCUT2D eigenvalue weighted by molar-refractivity contribution is -0.123. The number of carbonyl (C=O) groups is 4. The predicted octanol–water partition coefficient (Wildman–Crippen LogP) is 5.55. The Hall–Kier alpha value is -6.15. The van der Waals surface area contributed by atoms with Gasteiger partial charge in [0.25, 0.3) is 5.91 Å². The molecule has 278 valence electrons. The molecule has 0 spiro atoms. The van der Waals surface area contributed by atoms with Crippen LogP contribution in [0.3, 0.4) is 0 Å². The molecule has 0 aliphatic carbocycles. The Morgan fingerprint density at radius 3 is 2.63 bits per heavy atom. The normalized spacial score (nSPS) is 15.3. The summed E-state index contributed by atoms with van der Waals surface area (Å²) in [4.78, 5) is 63.3. The predicted molar refractivity (Wildman–Crippen MR) is 202 cm³/mol. The van der Waals surface area contributed by atoms with Crippen molar-refractivity contribution < 1.29 is 28.3 Å². The first-order valence-electron chi connectivity index (χ1n) is 18.0. The van der Waals surface area contributed by atoms with Crippen molar-refractivity contribution >= 4 is 46.7 Å². The van der Waals surface area contributed by atoms with Gasteiger partial charge < -0.3 is 20.4 Å². The Labute approximate surface area is 311 Å². The third kappa shape index (κ3) is 8.39. The fourth-order valence-corrected chi connectivity index (χ4v) is 7.10. The van der Waals surface area contributed by atoms with Gasteiger partial charge in [0.05, 0.1) is 5.69 Å². The molecule has 2 saturated heterocycles. The Bertz CT molecular complexity index is 2180. The van der Waals surface area contributed by atoms with Gasteiger partial charge in [0, 0.05) is 60.1 Å². The molecule has 5 aromatic rings. The molecule has 14 heteroatoms. The number of halogens is 1. The number of nitrogens with one attached hydrogen (secondary N) is 4. The zero-order chi connectivity index (χ0) is 37.6. The zero-order valence-electron chi connectivity index (χ0n) is 29.9. The molecule has 2 aromatic heterocycles. The average molecular weight is 733 g/mol. The summed E-state index contributed by atoms with van der Waals surface area (Å²) in [7, 11) is 0. The SMILES string of the molecule is Cc1c(NC=O)cc(F)cc1-c1ncnc2[nH]c(-c3ccc(CN4CCC(CCNC(=O)COc5cccc(N6CCC(=O)NC6=O)c5)CC4)cc3)cc12. The van der Waals surface area contributed by atoms with E-state index in [0.717, 1.165) is 55.5 Å². The highest BCUT2D eigenvalue weighted by Gasteiger charge is 2.25. The van der Waals surface area contributed by atoms with Crippen LogP contribution in [0.15, 0.2) is 73.1 Å². The van der Waals surface area contributed by atoms with Crippen LogP contribution in [-0.2, 0) is 20.9 Å². The highest BCUT2D eigenvalue weighted by atomic mass is 19.1. The number of nitrogens with zero attached hydrogens (tertiary/aromatic N) is 4. The van der Waals surface area contributed by atoms with E-state index < -0.39 is 11.8 Å². The van der Waals surface area contributed by atoms with E-state index in [2.05, 4.69) is 60.1 Å². The summed E-state index contributed by atoms with van der Waals surface area (Å²) in [6, 6.07) is 19.6. The van der Waals surface area contributed by atoms with Crippen molar-refractivity contribution in [1.29, 1.82) is 0 Å². The van der Waals surface area contributed by atoms with E-state index >= 15 is 0 Å². The summed E-state index contributed by atoms with van der Waals surface area (Å²) in [5, 5.41) is 8.59. The third-order valence-electron chi connectivity index (χ3n) is 10.1. The molecule has 3 aromatic carbocycles. The van der Waals surface area contributed by atoms with Gasteiger partial charge in [-0.15, -0.1) is 0 Å². The van der Waals surface area contributed by atoms with Gasteiger partial charge >= 0.3 is 6.03 Å². The van der Waals surface area contributed by atoms with Gasteiger partial charge in [-0.2, -0.15) is 0 Å². The second-order valence-electron chi connectivity index (χ2n) is 13.7. The Morgan fingerprint density at radius 2 is 1.85 bits per heavy atom. The maximum atomic E-state index is 14.5. The lowest BCUT2D eigenvalue weighted by atomic mass is 9.93. The average Bonchev–Trinajstić information content (AvgIpc) is 3.61. The number of ether oxygens (including phenoxy) is 1. The smallest absolute Gasteiger partial charge is 0.328 e. The number of fused-ring (bicyclic) bond motifs is 1. The Kier molecular flexibility index (Phi) is 10.9. The molecule has 7 rings (SSSR count). The molecule has 13 nitrogen and oxygen atoms in total. The third-order valence-corrected chi connectivity index (χ3v) is 10.1. The van der Waals surface area contributed by atoms with Gasteiger partial charge in [-0.25, -0.2) is 19.2 Å². The van der Waals surface area contributed by atoms with Crippen molar-refractivity contribution in [2.45, 2.75) is 39.2 Å². The maximum absolute atomic E-state index is 14.5. The molecule has 2 fully saturated rings. The van der Waals surface area contributed by atoms with Crippen LogP contribution in [0.2, 0.25) is 0 Å². The number of H-pyrrole nitrogens is 1. The quantitative estimate of drug-likeness (QED) is 0.115. The number of urea groups is 1. The number of amides is 5. The summed E-state index contributed by atoms with van der Waals surface area (Å²) in [6.45, 7) is 5.37. The molecule has 5 amide bonds. The van der Waals surface area contributed by atoms with Crippen molar-refractivity contribution in [1.82, 2.24) is 30.5 Å². The minimum Gasteiger partial charge on any atom is -0.484 e. The number of rotatable bonds is 13. The first-order valence-corrected chi connectivity index (χ1v) is 18.0. The number of hydrogen-bond acceptors (Lipinski definition) is 8. The molecule has 4 heterocycles. The monoisotopic (exact) mass is 732 g/mol. The van der Waals surface area contributed by atoms with Crippen LogP contribution in [0.25, 0.3) is 33.5 Å². The van der Waals surface area contributed by atoms with E-state index in [9.17, 15) is 23.6 Å². The van der Waals surface area contributed by atoms with E-state index in [-0.39, 0.29) is 24.8 Å². The fourth-order valence-electron chi connectivity index (χ4n) is 7.10. The van der Waals surface area contributed by atoms with Crippen molar-refractivity contribution in [2.75, 3.05) is 43.0 Å². The zero-order valence-corrected chi connectivity index (χ0v) is 29.9. The van der Waals surface area contributed by atoms with Gasteiger partial charge in [0.15, 0.2) is 6.61 Å². The highest BCUT2D eigenvalue weighted by molar-refractivity contribution is 6.05. The largest absolute Gasteiger partial charge is 0.484 e. The summed E-state index contributed by atoms with van der Waals surface area (Å²) < 4.78 is 20.2. The van der Waals surface area contributed by atoms with Gasteiger partial charge in [0.1, 0.15) is 23.5 Å². The number of imide groups is 1. The number of piperidine rings is 1. The van der Waals surface area contributed by atoms with Crippen LogP contribution >= 0.6 is 0 Å². The Morgan fingerprint density at radius 1 is 1.04 bits per heavy atom. The molecule has 4 N–H and O–H groups in total. The molecular formula is C40H41FN8O5. The number of anilines is 2. The summed E-state index contributed by atoms with van der Waals surface area (Å²) in [6.07, 6.45) is 5.22. The van der Waals surface area contributed by atoms with Crippen LogP contribution in [0.4, 0.5) is 20.6 Å². The van der Waals surface area contributed by atoms with Crippen molar-refractivity contribution in [3.8, 4) is 28.3 Å². The summed E-state index contributed by atoms with van der Waals surface area (Å²) in [5.41, 5.74) is 6.57. The number of aromatic nitrogens is 3. The molecule has 0 saturated carbocycles. The number of benzene rings is 3. The summed E-state index contributed by atoms with van der Waals surface area (Å²) in [5.74, 6) is 0.0343. The standard InChI is InChI=1S/C40H41FN8O5/c1-25-32(17-29(41)18-34(25)45-24-50)38-33-20-35(46-39(33)44-23-43-38)28-7-5-27(6-8-28)21-48-14-10-26(11-15-48)9-13-42-37(52)22-54-31-4-2-3-30(19-31)49-16-12-36(51)47-40(49)53/h2-8,17-20,23-24,26H,9-16,21-22H2,1H3,(H,42,52)(H,45,50)(H,43,44,46)(H,47,51,53). The van der Waals surface area contributed by atoms with E-state index in [1.165, 1.54) is 28.9 Å². The minimum atomic E-state index is -0.471. The second kappa shape index (κ2) is 16.3. The summed E-state index contributed by atoms with van der Waals surface area (Å²) >= 11 is 0. The van der Waals surface area contributed by atoms with Gasteiger partial charge in [0.2, 0.25) is 12.3 Å². The van der Waals surface area contributed by atoms with Crippen LogP contribution in [0.5, 0.6) is 5.75 Å². The number of likely N-dealkylation sites (tertiary alicyclic amines) is 1. The number of aromatic amines is 1. The van der Waals surface area contributed by atoms with Crippen LogP contribution in [0, 0.1) is 18.7 Å². The molecule has 0 radical (unpaired) electrons. The van der Waals surface area contributed by atoms with Crippen molar-refractivity contribution in [2.24, 2.45) is 5.92 Å². The first-order chi connectivity index (χ1) is 26.2. The van der Waals surface area contributed by atoms with E-state index in [1.807, 2.05) is 13.0 Å². The second-order valence-corrected chi connectivity index (χ2v) is 13.7. The maximum Gasteiger partial charge on any atom is 0.328 e. The number of hydrogen-bond donors (Lipinski definition) is 4. The lowest BCUT2D eigenvalue weighted by Crippen LogP contribution is -2.49. The van der Waals surface area contributed by atoms with E-state index in [1.54, 1.807) is 24.3 Å². The fraction of sp³-hybridized carbons (Fsp3) is 0.300. The first kappa shape index (κ1) is 36.2. The molecule has 0 atom stereocenters. The van der Waals surface area contributed by atoms with Crippen LogP contribution in [0.1, 0.15) is 36.8 Å². The molecule has 2 aliphatic rings. The van der Waals surface area contributed by atoms with Gasteiger partial charge in [-0.1, -0.05) is 30.3 Å². The topological polar surface area (TPSA) is 162 Å². The number of carbonyl (C=O) groups excluding carboxylic acids is 4. The van der Waals surface area contributed by atoms with Crippen molar-refractivity contribution in [3.05, 3.63) is 90.0 Å². The van der Waals surface area contributed by atoms with Gasteiger partial charge in [-0.05, 0) is 92.2 Å². The van der Waals surface area contributed by atoms with E-state index in [0.29, 0.717) is 65.0 Å². The molecule has 2 aliphatic heterocycles. The minimum absolute atomic E-state index is 0.127. The molecular weight excluding hydrogens is 691 g/mol.